The van der Waals surface area contributed by atoms with Gasteiger partial charge in [0.25, 0.3) is 0 Å². The second-order valence-electron chi connectivity index (χ2n) is 5.12. The summed E-state index contributed by atoms with van der Waals surface area (Å²) >= 11 is 0. The summed E-state index contributed by atoms with van der Waals surface area (Å²) < 4.78 is 0. The Bertz CT molecular complexity index is 371. The van der Waals surface area contributed by atoms with Gasteiger partial charge in [-0.15, -0.1) is 0 Å². The number of para-hydroxylation sites is 1. The molecule has 0 fully saturated rings. The molecule has 0 aromatic heterocycles. The second-order valence-corrected chi connectivity index (χ2v) is 5.12. The Balaban J connectivity index is 2.29. The minimum Gasteiger partial charge on any atom is -0.368 e. The van der Waals surface area contributed by atoms with E-state index in [4.69, 9.17) is 0 Å². The third kappa shape index (κ3) is 2.54. The average molecular weight is 246 g/mol. The van der Waals surface area contributed by atoms with Crippen LogP contribution in [0.4, 0.5) is 5.69 Å². The molecule has 1 heterocycles. The van der Waals surface area contributed by atoms with Crippen LogP contribution in [0.3, 0.4) is 0 Å². The van der Waals surface area contributed by atoms with E-state index in [1.165, 1.54) is 37.1 Å². The van der Waals surface area contributed by atoms with Gasteiger partial charge in [0.2, 0.25) is 0 Å². The first-order valence-electron chi connectivity index (χ1n) is 7.40. The number of benzene rings is 1. The number of rotatable bonds is 5. The molecule has 0 amide bonds. The minimum absolute atomic E-state index is 0.539. The average Bonchev–Trinajstić information content (AvgIpc) is 2.42. The van der Waals surface area contributed by atoms with Crippen LogP contribution in [0.25, 0.3) is 0 Å². The SMILES string of the molecule is CCNC1CCN(C(CC)CC)c2ccccc21. The molecule has 0 saturated heterocycles. The molecule has 0 aliphatic carbocycles. The van der Waals surface area contributed by atoms with Crippen LogP contribution in [-0.4, -0.2) is 19.1 Å². The van der Waals surface area contributed by atoms with Crippen molar-refractivity contribution in [3.05, 3.63) is 29.8 Å². The van der Waals surface area contributed by atoms with Gasteiger partial charge in [0.15, 0.2) is 0 Å². The van der Waals surface area contributed by atoms with Gasteiger partial charge in [0.05, 0.1) is 0 Å². The van der Waals surface area contributed by atoms with Crippen molar-refractivity contribution < 1.29 is 0 Å². The van der Waals surface area contributed by atoms with Crippen molar-refractivity contribution in [1.29, 1.82) is 0 Å². The summed E-state index contributed by atoms with van der Waals surface area (Å²) in [6.07, 6.45) is 3.69. The van der Waals surface area contributed by atoms with E-state index in [1.54, 1.807) is 0 Å². The highest BCUT2D eigenvalue weighted by Crippen LogP contribution is 2.35. The molecule has 18 heavy (non-hydrogen) atoms. The largest absolute Gasteiger partial charge is 0.368 e. The molecule has 2 nitrogen and oxygen atoms in total. The highest BCUT2D eigenvalue weighted by atomic mass is 15.2. The van der Waals surface area contributed by atoms with Crippen molar-refractivity contribution >= 4 is 5.69 Å². The first-order chi connectivity index (χ1) is 8.81. The highest BCUT2D eigenvalue weighted by molar-refractivity contribution is 5.57. The Kier molecular flexibility index (Phi) is 4.65. The molecule has 1 N–H and O–H groups in total. The van der Waals surface area contributed by atoms with Crippen molar-refractivity contribution in [2.45, 2.75) is 52.1 Å². The van der Waals surface area contributed by atoms with Crippen LogP contribution in [0, 0.1) is 0 Å². The molecule has 0 bridgehead atoms. The predicted octanol–water partition coefficient (Wildman–Crippen LogP) is 3.74. The topological polar surface area (TPSA) is 15.3 Å². The van der Waals surface area contributed by atoms with Crippen LogP contribution in [0.5, 0.6) is 0 Å². The molecule has 1 aromatic rings. The van der Waals surface area contributed by atoms with Crippen molar-refractivity contribution in [1.82, 2.24) is 5.32 Å². The van der Waals surface area contributed by atoms with Crippen molar-refractivity contribution in [3.8, 4) is 0 Å². The lowest BCUT2D eigenvalue weighted by Crippen LogP contribution is -2.41. The normalized spacial score (nSPS) is 19.1. The fourth-order valence-corrected chi connectivity index (χ4v) is 3.16. The highest BCUT2D eigenvalue weighted by Gasteiger charge is 2.27. The van der Waals surface area contributed by atoms with Crippen LogP contribution in [0.15, 0.2) is 24.3 Å². The Hall–Kier alpha value is -1.02. The van der Waals surface area contributed by atoms with E-state index in [1.807, 2.05) is 0 Å². The summed E-state index contributed by atoms with van der Waals surface area (Å²) in [7, 11) is 0. The maximum absolute atomic E-state index is 3.61. The zero-order chi connectivity index (χ0) is 13.0. The second kappa shape index (κ2) is 6.24. The van der Waals surface area contributed by atoms with Crippen LogP contribution in [0.2, 0.25) is 0 Å². The lowest BCUT2D eigenvalue weighted by molar-refractivity contribution is 0.454. The summed E-state index contributed by atoms with van der Waals surface area (Å²) in [6.45, 7) is 9.02. The minimum atomic E-state index is 0.539. The summed E-state index contributed by atoms with van der Waals surface area (Å²) in [5, 5.41) is 3.61. The number of fused-ring (bicyclic) bond motifs is 1. The molecular formula is C16H26N2. The van der Waals surface area contributed by atoms with Crippen molar-refractivity contribution in [3.63, 3.8) is 0 Å². The monoisotopic (exact) mass is 246 g/mol. The van der Waals surface area contributed by atoms with Gasteiger partial charge >= 0.3 is 0 Å². The molecule has 100 valence electrons. The lowest BCUT2D eigenvalue weighted by atomic mass is 9.94. The van der Waals surface area contributed by atoms with Gasteiger partial charge < -0.3 is 10.2 Å². The maximum Gasteiger partial charge on any atom is 0.0417 e. The van der Waals surface area contributed by atoms with E-state index < -0.39 is 0 Å². The van der Waals surface area contributed by atoms with Gasteiger partial charge in [0, 0.05) is 24.3 Å². The van der Waals surface area contributed by atoms with Gasteiger partial charge in [-0.2, -0.15) is 0 Å². The van der Waals surface area contributed by atoms with Crippen LogP contribution in [-0.2, 0) is 0 Å². The number of hydrogen-bond donors (Lipinski definition) is 1. The molecular weight excluding hydrogens is 220 g/mol. The molecule has 2 heteroatoms. The zero-order valence-corrected chi connectivity index (χ0v) is 11.9. The predicted molar refractivity (Wildman–Crippen MR) is 79.2 cm³/mol. The fraction of sp³-hybridized carbons (Fsp3) is 0.625. The molecule has 1 aliphatic heterocycles. The van der Waals surface area contributed by atoms with Crippen molar-refractivity contribution in [2.75, 3.05) is 18.0 Å². The van der Waals surface area contributed by atoms with E-state index in [9.17, 15) is 0 Å². The van der Waals surface area contributed by atoms with Gasteiger partial charge in [0.1, 0.15) is 0 Å². The lowest BCUT2D eigenvalue weighted by Gasteiger charge is -2.40. The van der Waals surface area contributed by atoms with Crippen LogP contribution < -0.4 is 10.2 Å². The third-order valence-electron chi connectivity index (χ3n) is 4.11. The smallest absolute Gasteiger partial charge is 0.0417 e. The van der Waals surface area contributed by atoms with Gasteiger partial charge in [-0.05, 0) is 37.4 Å². The Morgan fingerprint density at radius 3 is 2.61 bits per heavy atom. The molecule has 1 unspecified atom stereocenters. The molecule has 0 radical (unpaired) electrons. The van der Waals surface area contributed by atoms with Crippen molar-refractivity contribution in [2.24, 2.45) is 0 Å². The number of nitrogens with one attached hydrogen (secondary N) is 1. The Morgan fingerprint density at radius 1 is 1.22 bits per heavy atom. The van der Waals surface area contributed by atoms with Crippen LogP contribution in [0.1, 0.15) is 51.6 Å². The number of nitrogens with zero attached hydrogens (tertiary/aromatic N) is 1. The quantitative estimate of drug-likeness (QED) is 0.851. The molecule has 1 aliphatic rings. The number of hydrogen-bond acceptors (Lipinski definition) is 2. The zero-order valence-electron chi connectivity index (χ0n) is 11.9. The summed E-state index contributed by atoms with van der Waals surface area (Å²) in [4.78, 5) is 2.61. The van der Waals surface area contributed by atoms with E-state index in [0.29, 0.717) is 12.1 Å². The van der Waals surface area contributed by atoms with Gasteiger partial charge in [-0.3, -0.25) is 0 Å². The Morgan fingerprint density at radius 2 is 1.94 bits per heavy atom. The first kappa shape index (κ1) is 13.4. The van der Waals surface area contributed by atoms with Gasteiger partial charge in [-0.25, -0.2) is 0 Å². The first-order valence-corrected chi connectivity index (χ1v) is 7.40. The van der Waals surface area contributed by atoms with E-state index >= 15 is 0 Å². The van der Waals surface area contributed by atoms with E-state index in [2.05, 4.69) is 55.3 Å². The summed E-state index contributed by atoms with van der Waals surface area (Å²) in [6, 6.07) is 10.1. The standard InChI is InChI=1S/C16H26N2/c1-4-13(5-2)18-12-11-15(17-6-3)14-9-7-8-10-16(14)18/h7-10,13,15,17H,4-6,11-12H2,1-3H3. The molecule has 0 saturated carbocycles. The fourth-order valence-electron chi connectivity index (χ4n) is 3.16. The molecule has 1 aromatic carbocycles. The van der Waals surface area contributed by atoms with E-state index in [-0.39, 0.29) is 0 Å². The number of anilines is 1. The van der Waals surface area contributed by atoms with E-state index in [0.717, 1.165) is 6.54 Å². The molecule has 0 spiro atoms. The Labute approximate surface area is 111 Å². The molecule has 2 rings (SSSR count). The summed E-state index contributed by atoms with van der Waals surface area (Å²) in [5.41, 5.74) is 2.93. The van der Waals surface area contributed by atoms with Crippen LogP contribution >= 0.6 is 0 Å². The summed E-state index contributed by atoms with van der Waals surface area (Å²) in [5.74, 6) is 0. The third-order valence-corrected chi connectivity index (χ3v) is 4.11. The maximum atomic E-state index is 3.61. The molecule has 1 atom stereocenters. The van der Waals surface area contributed by atoms with Gasteiger partial charge in [-0.1, -0.05) is 39.0 Å².